The molecule has 1 saturated heterocycles. The second-order valence-corrected chi connectivity index (χ2v) is 5.90. The average Bonchev–Trinajstić information content (AvgIpc) is 3.03. The molecule has 3 heterocycles. The molecule has 1 N–H and O–H groups in total. The SMILES string of the molecule is Cc1nc(Nc2ccc3c(c2)OCO3)cc(N2CCCCC2)n1. The van der Waals surface area contributed by atoms with Crippen molar-refractivity contribution in [2.24, 2.45) is 0 Å². The Morgan fingerprint density at radius 1 is 1.00 bits per heavy atom. The molecule has 1 fully saturated rings. The summed E-state index contributed by atoms with van der Waals surface area (Å²) < 4.78 is 10.8. The highest BCUT2D eigenvalue weighted by Gasteiger charge is 2.15. The minimum Gasteiger partial charge on any atom is -0.454 e. The van der Waals surface area contributed by atoms with Crippen molar-refractivity contribution in [3.8, 4) is 11.5 Å². The first-order valence-corrected chi connectivity index (χ1v) is 8.05. The Morgan fingerprint density at radius 2 is 1.83 bits per heavy atom. The molecule has 0 aliphatic carbocycles. The fourth-order valence-corrected chi connectivity index (χ4v) is 3.02. The molecule has 120 valence electrons. The van der Waals surface area contributed by atoms with Crippen molar-refractivity contribution in [2.45, 2.75) is 26.2 Å². The van der Waals surface area contributed by atoms with Crippen LogP contribution >= 0.6 is 0 Å². The lowest BCUT2D eigenvalue weighted by Gasteiger charge is -2.28. The Labute approximate surface area is 135 Å². The van der Waals surface area contributed by atoms with Gasteiger partial charge in [-0.05, 0) is 38.3 Å². The molecule has 0 bridgehead atoms. The van der Waals surface area contributed by atoms with Crippen LogP contribution in [0.5, 0.6) is 11.5 Å². The van der Waals surface area contributed by atoms with Gasteiger partial charge in [-0.25, -0.2) is 9.97 Å². The van der Waals surface area contributed by atoms with Gasteiger partial charge in [0.15, 0.2) is 11.5 Å². The van der Waals surface area contributed by atoms with Crippen molar-refractivity contribution in [1.82, 2.24) is 9.97 Å². The smallest absolute Gasteiger partial charge is 0.231 e. The number of piperidine rings is 1. The molecule has 2 aliphatic rings. The van der Waals surface area contributed by atoms with Gasteiger partial charge in [0, 0.05) is 30.9 Å². The molecule has 0 unspecified atom stereocenters. The third kappa shape index (κ3) is 3.02. The van der Waals surface area contributed by atoms with Gasteiger partial charge >= 0.3 is 0 Å². The number of benzene rings is 1. The van der Waals surface area contributed by atoms with Crippen LogP contribution in [0.4, 0.5) is 17.3 Å². The molecule has 1 aromatic carbocycles. The Morgan fingerprint density at radius 3 is 2.70 bits per heavy atom. The zero-order valence-electron chi connectivity index (χ0n) is 13.2. The molecule has 4 rings (SSSR count). The van der Waals surface area contributed by atoms with E-state index in [0.29, 0.717) is 0 Å². The number of hydrogen-bond donors (Lipinski definition) is 1. The lowest BCUT2D eigenvalue weighted by molar-refractivity contribution is 0.174. The molecule has 2 aliphatic heterocycles. The fourth-order valence-electron chi connectivity index (χ4n) is 3.02. The minimum absolute atomic E-state index is 0.282. The van der Waals surface area contributed by atoms with E-state index in [1.165, 1.54) is 19.3 Å². The summed E-state index contributed by atoms with van der Waals surface area (Å²) in [7, 11) is 0. The van der Waals surface area contributed by atoms with Crippen molar-refractivity contribution >= 4 is 17.3 Å². The van der Waals surface area contributed by atoms with Gasteiger partial charge in [-0.3, -0.25) is 0 Å². The summed E-state index contributed by atoms with van der Waals surface area (Å²) in [6.45, 7) is 4.35. The number of nitrogens with zero attached hydrogens (tertiary/aromatic N) is 3. The van der Waals surface area contributed by atoms with Crippen LogP contribution in [0.3, 0.4) is 0 Å². The first-order valence-electron chi connectivity index (χ1n) is 8.05. The molecule has 6 heteroatoms. The van der Waals surface area contributed by atoms with Gasteiger partial charge in [0.1, 0.15) is 17.5 Å². The molecule has 23 heavy (non-hydrogen) atoms. The van der Waals surface area contributed by atoms with Gasteiger partial charge in [-0.2, -0.15) is 0 Å². The maximum absolute atomic E-state index is 5.42. The van der Waals surface area contributed by atoms with Crippen molar-refractivity contribution in [3.63, 3.8) is 0 Å². The molecule has 2 aromatic rings. The van der Waals surface area contributed by atoms with E-state index in [-0.39, 0.29) is 6.79 Å². The Bertz CT molecular complexity index is 714. The number of rotatable bonds is 3. The molecular weight excluding hydrogens is 292 g/mol. The number of hydrogen-bond acceptors (Lipinski definition) is 6. The predicted molar refractivity (Wildman–Crippen MR) is 88.7 cm³/mol. The van der Waals surface area contributed by atoms with Crippen LogP contribution in [0.2, 0.25) is 0 Å². The number of aromatic nitrogens is 2. The first kappa shape index (κ1) is 14.1. The third-order valence-electron chi connectivity index (χ3n) is 4.15. The van der Waals surface area contributed by atoms with Gasteiger partial charge in [-0.15, -0.1) is 0 Å². The second-order valence-electron chi connectivity index (χ2n) is 5.90. The monoisotopic (exact) mass is 312 g/mol. The molecule has 6 nitrogen and oxygen atoms in total. The van der Waals surface area contributed by atoms with Gasteiger partial charge in [-0.1, -0.05) is 0 Å². The highest BCUT2D eigenvalue weighted by atomic mass is 16.7. The number of nitrogens with one attached hydrogen (secondary N) is 1. The summed E-state index contributed by atoms with van der Waals surface area (Å²) in [4.78, 5) is 11.4. The van der Waals surface area contributed by atoms with Gasteiger partial charge < -0.3 is 19.7 Å². The standard InChI is InChI=1S/C17H20N4O2/c1-12-18-16(10-17(19-12)21-7-3-2-4-8-21)20-13-5-6-14-15(9-13)23-11-22-14/h5-6,9-10H,2-4,7-8,11H2,1H3,(H,18,19,20). The summed E-state index contributed by atoms with van der Waals surface area (Å²) in [6.07, 6.45) is 3.77. The molecular formula is C17H20N4O2. The predicted octanol–water partition coefficient (Wildman–Crippen LogP) is 3.25. The van der Waals surface area contributed by atoms with Crippen LogP contribution in [-0.4, -0.2) is 29.9 Å². The topological polar surface area (TPSA) is 59.5 Å². The lowest BCUT2D eigenvalue weighted by atomic mass is 10.1. The van der Waals surface area contributed by atoms with E-state index in [4.69, 9.17) is 9.47 Å². The van der Waals surface area contributed by atoms with E-state index in [0.717, 1.165) is 47.7 Å². The van der Waals surface area contributed by atoms with Crippen molar-refractivity contribution in [2.75, 3.05) is 30.1 Å². The van der Waals surface area contributed by atoms with Crippen molar-refractivity contribution < 1.29 is 9.47 Å². The Balaban J connectivity index is 1.57. The average molecular weight is 312 g/mol. The van der Waals surface area contributed by atoms with E-state index in [9.17, 15) is 0 Å². The number of ether oxygens (including phenoxy) is 2. The quantitative estimate of drug-likeness (QED) is 0.939. The minimum atomic E-state index is 0.282. The summed E-state index contributed by atoms with van der Waals surface area (Å²) in [5, 5.41) is 3.34. The Hall–Kier alpha value is -2.50. The molecule has 1 aromatic heterocycles. The summed E-state index contributed by atoms with van der Waals surface area (Å²) in [5.41, 5.74) is 0.928. The second kappa shape index (κ2) is 5.95. The maximum Gasteiger partial charge on any atom is 0.231 e. The first-order chi connectivity index (χ1) is 11.3. The summed E-state index contributed by atoms with van der Waals surface area (Å²) in [6, 6.07) is 7.82. The van der Waals surface area contributed by atoms with Crippen LogP contribution in [0.25, 0.3) is 0 Å². The normalized spacial score (nSPS) is 16.5. The summed E-state index contributed by atoms with van der Waals surface area (Å²) in [5.74, 6) is 4.12. The van der Waals surface area contributed by atoms with E-state index in [1.54, 1.807) is 0 Å². The van der Waals surface area contributed by atoms with Crippen LogP contribution < -0.4 is 19.7 Å². The number of fused-ring (bicyclic) bond motifs is 1. The number of aryl methyl sites for hydroxylation is 1. The highest BCUT2D eigenvalue weighted by Crippen LogP contribution is 2.35. The molecule has 0 saturated carbocycles. The van der Waals surface area contributed by atoms with E-state index in [1.807, 2.05) is 31.2 Å². The maximum atomic E-state index is 5.42. The zero-order valence-corrected chi connectivity index (χ0v) is 13.2. The van der Waals surface area contributed by atoms with Crippen LogP contribution in [0.1, 0.15) is 25.1 Å². The molecule has 0 spiro atoms. The number of anilines is 3. The van der Waals surface area contributed by atoms with Crippen LogP contribution in [-0.2, 0) is 0 Å². The highest BCUT2D eigenvalue weighted by molar-refractivity contribution is 5.63. The van der Waals surface area contributed by atoms with Crippen molar-refractivity contribution in [1.29, 1.82) is 0 Å². The fraction of sp³-hybridized carbons (Fsp3) is 0.412. The van der Waals surface area contributed by atoms with Crippen LogP contribution in [0.15, 0.2) is 24.3 Å². The lowest BCUT2D eigenvalue weighted by Crippen LogP contribution is -2.30. The van der Waals surface area contributed by atoms with Gasteiger partial charge in [0.25, 0.3) is 0 Å². The molecule has 0 amide bonds. The van der Waals surface area contributed by atoms with Gasteiger partial charge in [0.2, 0.25) is 6.79 Å². The zero-order chi connectivity index (χ0) is 15.6. The molecule has 0 radical (unpaired) electrons. The van der Waals surface area contributed by atoms with Crippen LogP contribution in [0, 0.1) is 6.92 Å². The Kier molecular flexibility index (Phi) is 3.65. The van der Waals surface area contributed by atoms with Crippen molar-refractivity contribution in [3.05, 3.63) is 30.1 Å². The summed E-state index contributed by atoms with van der Waals surface area (Å²) >= 11 is 0. The van der Waals surface area contributed by atoms with E-state index < -0.39 is 0 Å². The van der Waals surface area contributed by atoms with E-state index in [2.05, 4.69) is 20.2 Å². The van der Waals surface area contributed by atoms with E-state index >= 15 is 0 Å². The largest absolute Gasteiger partial charge is 0.454 e. The van der Waals surface area contributed by atoms with Gasteiger partial charge in [0.05, 0.1) is 0 Å². The molecule has 0 atom stereocenters. The third-order valence-corrected chi connectivity index (χ3v) is 4.15.